The average molecular weight is 354 g/mol. The number of hydrogen-bond acceptors (Lipinski definition) is 2. The van der Waals surface area contributed by atoms with Crippen LogP contribution in [0.4, 0.5) is 0 Å². The van der Waals surface area contributed by atoms with E-state index in [2.05, 4.69) is 30.8 Å². The summed E-state index contributed by atoms with van der Waals surface area (Å²) in [6.07, 6.45) is 1.82. The first-order valence-electron chi connectivity index (χ1n) is 9.24. The maximum atomic E-state index is 12.8. The molecular weight excluding hydrogens is 332 g/mol. The molecule has 0 radical (unpaired) electrons. The Labute approximate surface area is 160 Å². The Morgan fingerprint density at radius 1 is 0.815 bits per heavy atom. The van der Waals surface area contributed by atoms with Gasteiger partial charge in [0.25, 0.3) is 0 Å². The molecule has 0 amide bonds. The first-order valence-corrected chi connectivity index (χ1v) is 9.24. The summed E-state index contributed by atoms with van der Waals surface area (Å²) in [5.74, 6) is -0.384. The summed E-state index contributed by atoms with van der Waals surface area (Å²) in [6, 6.07) is 26.6. The second-order valence-corrected chi connectivity index (χ2v) is 7.03. The Hall–Kier alpha value is -3.13. The number of benzene rings is 3. The topological polar surface area (TPSA) is 26.3 Å². The Kier molecular flexibility index (Phi) is 4.41. The predicted molar refractivity (Wildman–Crippen MR) is 108 cm³/mol. The third-order valence-corrected chi connectivity index (χ3v) is 5.23. The highest BCUT2D eigenvalue weighted by molar-refractivity contribution is 5.88. The smallest absolute Gasteiger partial charge is 0.334 e. The highest BCUT2D eigenvalue weighted by Gasteiger charge is 2.44. The molecule has 4 rings (SSSR count). The van der Waals surface area contributed by atoms with E-state index in [9.17, 15) is 4.79 Å². The summed E-state index contributed by atoms with van der Waals surface area (Å²) in [6.45, 7) is 5.50. The molecule has 3 aromatic carbocycles. The highest BCUT2D eigenvalue weighted by Crippen LogP contribution is 2.46. The van der Waals surface area contributed by atoms with Crippen LogP contribution in [0.5, 0.6) is 0 Å². The van der Waals surface area contributed by atoms with Crippen LogP contribution < -0.4 is 0 Å². The van der Waals surface area contributed by atoms with E-state index in [4.69, 9.17) is 4.74 Å². The van der Waals surface area contributed by atoms with Crippen molar-refractivity contribution in [3.8, 4) is 0 Å². The maximum absolute atomic E-state index is 12.8. The fraction of sp³-hybridized carbons (Fsp3) is 0.160. The lowest BCUT2D eigenvalue weighted by Crippen LogP contribution is -2.36. The van der Waals surface area contributed by atoms with Crippen molar-refractivity contribution in [3.05, 3.63) is 119 Å². The maximum Gasteiger partial charge on any atom is 0.334 e. The number of fused-ring (bicyclic) bond motifs is 2. The standard InChI is InChI=1S/C25H22O2/c1-18(2)24(26)27-25(21-12-4-3-5-13-21)22-14-8-6-10-19(22)16-17-20-11-7-9-15-23(20)25/h3-15H,1,16-17H2,2H3. The minimum atomic E-state index is -0.985. The molecule has 1 aliphatic carbocycles. The molecule has 0 bridgehead atoms. The fourth-order valence-corrected chi connectivity index (χ4v) is 3.96. The van der Waals surface area contributed by atoms with Crippen molar-refractivity contribution in [2.45, 2.75) is 25.4 Å². The van der Waals surface area contributed by atoms with E-state index in [1.165, 1.54) is 11.1 Å². The number of carbonyl (C=O) groups is 1. The monoisotopic (exact) mass is 354 g/mol. The minimum Gasteiger partial charge on any atom is -0.441 e. The molecule has 0 aromatic heterocycles. The van der Waals surface area contributed by atoms with E-state index < -0.39 is 5.60 Å². The molecule has 2 nitrogen and oxygen atoms in total. The Bertz CT molecular complexity index is 954. The van der Waals surface area contributed by atoms with E-state index in [-0.39, 0.29) is 5.97 Å². The zero-order valence-corrected chi connectivity index (χ0v) is 15.4. The molecule has 0 fully saturated rings. The van der Waals surface area contributed by atoms with Gasteiger partial charge in [0.05, 0.1) is 0 Å². The van der Waals surface area contributed by atoms with Crippen LogP contribution in [0.3, 0.4) is 0 Å². The lowest BCUT2D eigenvalue weighted by Gasteiger charge is -2.36. The molecule has 0 saturated heterocycles. The predicted octanol–water partition coefficient (Wildman–Crippen LogP) is 5.20. The zero-order valence-electron chi connectivity index (χ0n) is 15.4. The Morgan fingerprint density at radius 3 is 1.81 bits per heavy atom. The summed E-state index contributed by atoms with van der Waals surface area (Å²) in [4.78, 5) is 12.8. The normalized spacial score (nSPS) is 14.4. The van der Waals surface area contributed by atoms with Crippen molar-refractivity contribution in [2.75, 3.05) is 0 Å². The summed E-state index contributed by atoms with van der Waals surface area (Å²) in [5, 5.41) is 0. The van der Waals surface area contributed by atoms with Gasteiger partial charge in [0.15, 0.2) is 5.60 Å². The number of carbonyl (C=O) groups excluding carboxylic acids is 1. The van der Waals surface area contributed by atoms with E-state index >= 15 is 0 Å². The van der Waals surface area contributed by atoms with Crippen LogP contribution >= 0.6 is 0 Å². The van der Waals surface area contributed by atoms with Crippen LogP contribution in [0.25, 0.3) is 0 Å². The summed E-state index contributed by atoms with van der Waals surface area (Å²) >= 11 is 0. The van der Waals surface area contributed by atoms with Gasteiger partial charge in [0.1, 0.15) is 0 Å². The second-order valence-electron chi connectivity index (χ2n) is 7.03. The third-order valence-electron chi connectivity index (χ3n) is 5.23. The Balaban J connectivity index is 2.10. The van der Waals surface area contributed by atoms with Crippen molar-refractivity contribution in [1.82, 2.24) is 0 Å². The van der Waals surface area contributed by atoms with Crippen LogP contribution in [-0.4, -0.2) is 5.97 Å². The first-order chi connectivity index (χ1) is 13.1. The molecule has 134 valence electrons. The molecule has 0 atom stereocenters. The van der Waals surface area contributed by atoms with Crippen molar-refractivity contribution < 1.29 is 9.53 Å². The molecule has 0 spiro atoms. The lowest BCUT2D eigenvalue weighted by atomic mass is 9.78. The van der Waals surface area contributed by atoms with Crippen LogP contribution in [0, 0.1) is 0 Å². The summed E-state index contributed by atoms with van der Waals surface area (Å²) in [7, 11) is 0. The number of rotatable bonds is 3. The lowest BCUT2D eigenvalue weighted by molar-refractivity contribution is -0.148. The fourth-order valence-electron chi connectivity index (χ4n) is 3.96. The average Bonchev–Trinajstić information content (AvgIpc) is 2.85. The molecule has 0 aliphatic heterocycles. The van der Waals surface area contributed by atoms with Gasteiger partial charge in [-0.05, 0) is 30.9 Å². The first kappa shape index (κ1) is 17.3. The van der Waals surface area contributed by atoms with E-state index in [1.54, 1.807) is 6.92 Å². The molecule has 3 aromatic rings. The molecule has 1 aliphatic rings. The van der Waals surface area contributed by atoms with E-state index in [1.807, 2.05) is 54.6 Å². The van der Waals surface area contributed by atoms with Gasteiger partial charge in [-0.1, -0.05) is 85.4 Å². The van der Waals surface area contributed by atoms with Crippen molar-refractivity contribution >= 4 is 5.97 Å². The summed E-state index contributed by atoms with van der Waals surface area (Å²) < 4.78 is 6.32. The van der Waals surface area contributed by atoms with E-state index in [0.717, 1.165) is 29.5 Å². The number of ether oxygens (including phenoxy) is 1. The highest BCUT2D eigenvalue weighted by atomic mass is 16.6. The molecular formula is C25H22O2. The van der Waals surface area contributed by atoms with Gasteiger partial charge in [0, 0.05) is 22.3 Å². The number of esters is 1. The third kappa shape index (κ3) is 2.87. The molecule has 0 N–H and O–H groups in total. The van der Waals surface area contributed by atoms with Gasteiger partial charge >= 0.3 is 5.97 Å². The van der Waals surface area contributed by atoms with E-state index in [0.29, 0.717) is 5.57 Å². The number of hydrogen-bond donors (Lipinski definition) is 0. The van der Waals surface area contributed by atoms with Crippen molar-refractivity contribution in [2.24, 2.45) is 0 Å². The van der Waals surface area contributed by atoms with Crippen LogP contribution in [0.2, 0.25) is 0 Å². The largest absolute Gasteiger partial charge is 0.441 e. The zero-order chi connectivity index (χ0) is 18.9. The molecule has 2 heteroatoms. The quantitative estimate of drug-likeness (QED) is 0.477. The minimum absolute atomic E-state index is 0.384. The van der Waals surface area contributed by atoms with Gasteiger partial charge < -0.3 is 4.74 Å². The molecule has 0 saturated carbocycles. The van der Waals surface area contributed by atoms with Crippen LogP contribution in [0.15, 0.2) is 91.0 Å². The van der Waals surface area contributed by atoms with Gasteiger partial charge in [-0.15, -0.1) is 0 Å². The van der Waals surface area contributed by atoms with Gasteiger partial charge in [-0.2, -0.15) is 0 Å². The second kappa shape index (κ2) is 6.88. The van der Waals surface area contributed by atoms with Gasteiger partial charge in [-0.3, -0.25) is 0 Å². The van der Waals surface area contributed by atoms with Crippen molar-refractivity contribution in [3.63, 3.8) is 0 Å². The molecule has 0 unspecified atom stereocenters. The molecule has 0 heterocycles. The van der Waals surface area contributed by atoms with Crippen molar-refractivity contribution in [1.29, 1.82) is 0 Å². The Morgan fingerprint density at radius 2 is 1.30 bits per heavy atom. The van der Waals surface area contributed by atoms with Gasteiger partial charge in [-0.25, -0.2) is 4.79 Å². The number of aryl methyl sites for hydroxylation is 2. The molecule has 27 heavy (non-hydrogen) atoms. The van der Waals surface area contributed by atoms with Crippen LogP contribution in [-0.2, 0) is 28.0 Å². The SMILES string of the molecule is C=C(C)C(=O)OC1(c2ccccc2)c2ccccc2CCc2ccccc21. The van der Waals surface area contributed by atoms with Gasteiger partial charge in [0.2, 0.25) is 0 Å². The van der Waals surface area contributed by atoms with Crippen LogP contribution in [0.1, 0.15) is 34.7 Å². The summed E-state index contributed by atoms with van der Waals surface area (Å²) in [5.41, 5.74) is 4.80.